The Morgan fingerprint density at radius 2 is 1.61 bits per heavy atom. The Labute approximate surface area is 178 Å². The average Bonchev–Trinajstić information content (AvgIpc) is 2.98. The quantitative estimate of drug-likeness (QED) is 0.345. The third-order valence-corrected chi connectivity index (χ3v) is 5.47. The Hall–Kier alpha value is -3.74. The van der Waals surface area contributed by atoms with Gasteiger partial charge in [0.25, 0.3) is 11.8 Å². The van der Waals surface area contributed by atoms with Crippen LogP contribution >= 0.6 is 0 Å². The van der Waals surface area contributed by atoms with Crippen molar-refractivity contribution in [1.82, 2.24) is 4.90 Å². The first-order chi connectivity index (χ1) is 14.8. The van der Waals surface area contributed by atoms with Crippen molar-refractivity contribution >= 4 is 28.8 Å². The molecule has 0 spiro atoms. The Kier molecular flexibility index (Phi) is 5.42. The van der Waals surface area contributed by atoms with E-state index in [-0.39, 0.29) is 31.4 Å². The van der Waals surface area contributed by atoms with Gasteiger partial charge in [0.15, 0.2) is 0 Å². The van der Waals surface area contributed by atoms with Crippen LogP contribution in [0.2, 0.25) is 0 Å². The molecule has 0 fully saturated rings. The minimum absolute atomic E-state index is 0.0465. The first-order valence-electron chi connectivity index (χ1n) is 10.00. The lowest BCUT2D eigenvalue weighted by Gasteiger charge is -2.13. The largest absolute Gasteiger partial charge is 0.461 e. The van der Waals surface area contributed by atoms with E-state index in [1.807, 2.05) is 19.9 Å². The van der Waals surface area contributed by atoms with Gasteiger partial charge in [0.05, 0.1) is 11.1 Å². The van der Waals surface area contributed by atoms with Gasteiger partial charge in [-0.15, -0.1) is 0 Å². The van der Waals surface area contributed by atoms with Gasteiger partial charge < -0.3 is 9.15 Å². The maximum absolute atomic E-state index is 12.4. The van der Waals surface area contributed by atoms with Crippen LogP contribution in [-0.2, 0) is 16.1 Å². The highest BCUT2D eigenvalue weighted by Gasteiger charge is 2.34. The number of hydrogen-bond acceptors (Lipinski definition) is 6. The number of ether oxygens (including phenoxy) is 1. The van der Waals surface area contributed by atoms with Crippen molar-refractivity contribution in [2.24, 2.45) is 0 Å². The van der Waals surface area contributed by atoms with Gasteiger partial charge >= 0.3 is 11.6 Å². The molecule has 2 heterocycles. The van der Waals surface area contributed by atoms with Gasteiger partial charge in [0.2, 0.25) is 0 Å². The number of nitrogens with zero attached hydrogens (tertiary/aromatic N) is 1. The summed E-state index contributed by atoms with van der Waals surface area (Å²) >= 11 is 0. The van der Waals surface area contributed by atoms with Gasteiger partial charge in [0.1, 0.15) is 12.2 Å². The molecule has 0 unspecified atom stereocenters. The van der Waals surface area contributed by atoms with E-state index in [9.17, 15) is 19.2 Å². The van der Waals surface area contributed by atoms with Gasteiger partial charge in [-0.1, -0.05) is 12.1 Å². The molecule has 3 aromatic rings. The van der Waals surface area contributed by atoms with Gasteiger partial charge in [0, 0.05) is 30.0 Å². The molecule has 0 saturated heterocycles. The number of hydrogen-bond donors (Lipinski definition) is 0. The second kappa shape index (κ2) is 8.18. The zero-order valence-corrected chi connectivity index (χ0v) is 17.3. The summed E-state index contributed by atoms with van der Waals surface area (Å²) in [4.78, 5) is 49.9. The molecular formula is C24H21NO6. The van der Waals surface area contributed by atoms with E-state index in [1.54, 1.807) is 30.3 Å². The molecule has 1 aromatic heterocycles. The summed E-state index contributed by atoms with van der Waals surface area (Å²) < 4.78 is 10.6. The standard InChI is InChI=1S/C24H21NO6/c1-14-10-19-16(12-22(27)31-20(19)11-15(14)2)13-30-21(26)8-5-9-25-23(28)17-6-3-4-7-18(17)24(25)29/h3-4,6-7,10-12H,5,8-9,13H2,1-2H3. The molecule has 2 amide bonds. The number of carbonyl (C=O) groups is 3. The van der Waals surface area contributed by atoms with Crippen molar-refractivity contribution in [2.45, 2.75) is 33.3 Å². The number of esters is 1. The predicted octanol–water partition coefficient (Wildman–Crippen LogP) is 3.53. The minimum Gasteiger partial charge on any atom is -0.461 e. The average molecular weight is 419 g/mol. The molecule has 7 nitrogen and oxygen atoms in total. The molecule has 0 bridgehead atoms. The van der Waals surface area contributed by atoms with E-state index in [1.165, 1.54) is 6.07 Å². The van der Waals surface area contributed by atoms with Crippen LogP contribution in [0.15, 0.2) is 51.7 Å². The molecule has 0 radical (unpaired) electrons. The number of imide groups is 1. The Morgan fingerprint density at radius 1 is 0.968 bits per heavy atom. The van der Waals surface area contributed by atoms with E-state index in [2.05, 4.69) is 0 Å². The van der Waals surface area contributed by atoms with Gasteiger partial charge in [-0.25, -0.2) is 4.79 Å². The van der Waals surface area contributed by atoms with Crippen molar-refractivity contribution in [2.75, 3.05) is 6.54 Å². The van der Waals surface area contributed by atoms with Crippen LogP contribution in [0, 0.1) is 13.8 Å². The topological polar surface area (TPSA) is 93.9 Å². The number of rotatable bonds is 6. The second-order valence-corrected chi connectivity index (χ2v) is 7.60. The Morgan fingerprint density at radius 3 is 2.29 bits per heavy atom. The normalized spacial score (nSPS) is 13.0. The van der Waals surface area contributed by atoms with Crippen LogP contribution in [0.1, 0.15) is 50.2 Å². The molecule has 0 saturated carbocycles. The van der Waals surface area contributed by atoms with E-state index in [0.29, 0.717) is 28.7 Å². The molecular weight excluding hydrogens is 398 g/mol. The first kappa shape index (κ1) is 20.5. The van der Waals surface area contributed by atoms with Gasteiger partial charge in [-0.3, -0.25) is 19.3 Å². The number of aryl methyl sites for hydroxylation is 2. The summed E-state index contributed by atoms with van der Waals surface area (Å²) in [6, 6.07) is 11.7. The lowest BCUT2D eigenvalue weighted by Crippen LogP contribution is -2.31. The number of fused-ring (bicyclic) bond motifs is 2. The summed E-state index contributed by atoms with van der Waals surface area (Å²) in [5, 5.41) is 0.724. The Balaban J connectivity index is 1.36. The summed E-state index contributed by atoms with van der Waals surface area (Å²) in [5.41, 5.74) is 3.32. The molecule has 0 N–H and O–H groups in total. The zero-order chi connectivity index (χ0) is 22.1. The summed E-state index contributed by atoms with van der Waals surface area (Å²) in [6.07, 6.45) is 0.338. The molecule has 1 aliphatic rings. The Bertz CT molecular complexity index is 1240. The first-order valence-corrected chi connectivity index (χ1v) is 10.00. The van der Waals surface area contributed by atoms with Crippen molar-refractivity contribution < 1.29 is 23.5 Å². The molecule has 7 heteroatoms. The summed E-state index contributed by atoms with van der Waals surface area (Å²) in [5.74, 6) is -1.16. The third-order valence-electron chi connectivity index (χ3n) is 5.47. The van der Waals surface area contributed by atoms with Crippen LogP contribution < -0.4 is 5.63 Å². The fraction of sp³-hybridized carbons (Fsp3) is 0.250. The fourth-order valence-corrected chi connectivity index (χ4v) is 3.66. The monoisotopic (exact) mass is 419 g/mol. The van der Waals surface area contributed by atoms with Gasteiger partial charge in [-0.05, 0) is 55.7 Å². The van der Waals surface area contributed by atoms with Crippen LogP contribution in [-0.4, -0.2) is 29.2 Å². The van der Waals surface area contributed by atoms with Crippen LogP contribution in [0.4, 0.5) is 0 Å². The summed E-state index contributed by atoms with van der Waals surface area (Å²) in [6.45, 7) is 3.96. The van der Waals surface area contributed by atoms with Gasteiger partial charge in [-0.2, -0.15) is 0 Å². The highest BCUT2D eigenvalue weighted by atomic mass is 16.5. The second-order valence-electron chi connectivity index (χ2n) is 7.60. The summed E-state index contributed by atoms with van der Waals surface area (Å²) in [7, 11) is 0. The number of carbonyl (C=O) groups excluding carboxylic acids is 3. The molecule has 2 aromatic carbocycles. The zero-order valence-electron chi connectivity index (χ0n) is 17.3. The number of benzene rings is 2. The van der Waals surface area contributed by atoms with Crippen LogP contribution in [0.3, 0.4) is 0 Å². The van der Waals surface area contributed by atoms with E-state index in [0.717, 1.165) is 21.4 Å². The van der Waals surface area contributed by atoms with Crippen LogP contribution in [0.25, 0.3) is 11.0 Å². The third kappa shape index (κ3) is 3.99. The molecule has 0 atom stereocenters. The molecule has 31 heavy (non-hydrogen) atoms. The maximum atomic E-state index is 12.4. The van der Waals surface area contributed by atoms with Crippen LogP contribution in [0.5, 0.6) is 0 Å². The molecule has 158 valence electrons. The lowest BCUT2D eigenvalue weighted by atomic mass is 10.0. The van der Waals surface area contributed by atoms with Crippen molar-refractivity contribution in [1.29, 1.82) is 0 Å². The molecule has 0 aliphatic carbocycles. The molecule has 4 rings (SSSR count). The van der Waals surface area contributed by atoms with Crippen molar-refractivity contribution in [3.8, 4) is 0 Å². The van der Waals surface area contributed by atoms with E-state index < -0.39 is 11.6 Å². The predicted molar refractivity (Wildman–Crippen MR) is 113 cm³/mol. The highest BCUT2D eigenvalue weighted by Crippen LogP contribution is 2.24. The highest BCUT2D eigenvalue weighted by molar-refractivity contribution is 6.21. The minimum atomic E-state index is -0.507. The number of amides is 2. The van der Waals surface area contributed by atoms with Crippen molar-refractivity contribution in [3.63, 3.8) is 0 Å². The van der Waals surface area contributed by atoms with E-state index >= 15 is 0 Å². The SMILES string of the molecule is Cc1cc2oc(=O)cc(COC(=O)CCCN3C(=O)c4ccccc4C3=O)c2cc1C. The maximum Gasteiger partial charge on any atom is 0.336 e. The molecule has 1 aliphatic heterocycles. The van der Waals surface area contributed by atoms with E-state index in [4.69, 9.17) is 9.15 Å². The lowest BCUT2D eigenvalue weighted by molar-refractivity contribution is -0.145. The smallest absolute Gasteiger partial charge is 0.336 e. The fourth-order valence-electron chi connectivity index (χ4n) is 3.66. The van der Waals surface area contributed by atoms with Crippen molar-refractivity contribution in [3.05, 3.63) is 80.7 Å².